The summed E-state index contributed by atoms with van der Waals surface area (Å²) in [5.41, 5.74) is 0.954. The third-order valence-corrected chi connectivity index (χ3v) is 8.04. The summed E-state index contributed by atoms with van der Waals surface area (Å²) in [6.45, 7) is 8.78. The van der Waals surface area contributed by atoms with Crippen molar-refractivity contribution in [2.75, 3.05) is 31.1 Å². The molecule has 1 aliphatic heterocycles. The first-order chi connectivity index (χ1) is 15.1. The van der Waals surface area contributed by atoms with Crippen LogP contribution in [0, 0.1) is 5.92 Å². The molecule has 0 unspecified atom stereocenters. The van der Waals surface area contributed by atoms with E-state index >= 15 is 0 Å². The molecule has 1 fully saturated rings. The number of anilines is 1. The summed E-state index contributed by atoms with van der Waals surface area (Å²) in [5, 5.41) is 6.35. The Morgan fingerprint density at radius 2 is 2.16 bits per heavy atom. The zero-order valence-electron chi connectivity index (χ0n) is 18.3. The predicted octanol–water partition coefficient (Wildman–Crippen LogP) is 4.39. The number of rotatable bonds is 9. The van der Waals surface area contributed by atoms with Gasteiger partial charge in [0.2, 0.25) is 5.91 Å². The Balaban J connectivity index is 1.24. The van der Waals surface area contributed by atoms with Crippen molar-refractivity contribution in [1.29, 1.82) is 0 Å². The Bertz CT molecular complexity index is 932. The highest BCUT2D eigenvalue weighted by Gasteiger charge is 2.26. The van der Waals surface area contributed by atoms with Crippen LogP contribution in [0.2, 0.25) is 0 Å². The van der Waals surface area contributed by atoms with Gasteiger partial charge in [0.25, 0.3) is 0 Å². The summed E-state index contributed by atoms with van der Waals surface area (Å²) >= 11 is 3.43. The van der Waals surface area contributed by atoms with Gasteiger partial charge in [0.15, 0.2) is 5.13 Å². The number of aromatic nitrogens is 2. The first-order valence-corrected chi connectivity index (χ1v) is 12.8. The molecule has 0 aromatic carbocycles. The monoisotopic (exact) mass is 457 g/mol. The van der Waals surface area contributed by atoms with Crippen LogP contribution in [0.15, 0.2) is 35.8 Å². The van der Waals surface area contributed by atoms with Gasteiger partial charge in [-0.2, -0.15) is 0 Å². The minimum Gasteiger partial charge on any atom is -0.355 e. The molecule has 1 saturated heterocycles. The molecule has 0 bridgehead atoms. The minimum atomic E-state index is 0.0955. The number of piperidine rings is 1. The molecule has 166 valence electrons. The maximum atomic E-state index is 12.8. The van der Waals surface area contributed by atoms with Gasteiger partial charge >= 0.3 is 0 Å². The van der Waals surface area contributed by atoms with Crippen molar-refractivity contribution in [1.82, 2.24) is 20.2 Å². The van der Waals surface area contributed by atoms with Crippen molar-refractivity contribution in [3.8, 4) is 0 Å². The SMILES string of the molecule is CC[C@H](C)N(CCNC(=O)C1CCN(c2nc3cccnc3s2)CC1)Cc1cccs1. The molecular formula is C23H31N5OS2. The topological polar surface area (TPSA) is 61.4 Å². The van der Waals surface area contributed by atoms with Crippen molar-refractivity contribution < 1.29 is 4.79 Å². The Hall–Kier alpha value is -2.03. The number of carbonyl (C=O) groups excluding carboxylic acids is 1. The van der Waals surface area contributed by atoms with Crippen molar-refractivity contribution in [3.63, 3.8) is 0 Å². The van der Waals surface area contributed by atoms with E-state index in [-0.39, 0.29) is 11.8 Å². The minimum absolute atomic E-state index is 0.0955. The first kappa shape index (κ1) is 22.2. The quantitative estimate of drug-likeness (QED) is 0.516. The Labute approximate surface area is 192 Å². The van der Waals surface area contributed by atoms with Crippen LogP contribution in [0.5, 0.6) is 0 Å². The lowest BCUT2D eigenvalue weighted by Gasteiger charge is -2.31. The molecule has 3 aromatic heterocycles. The van der Waals surface area contributed by atoms with E-state index in [0.717, 1.165) is 60.9 Å². The molecular weight excluding hydrogens is 426 g/mol. The first-order valence-electron chi connectivity index (χ1n) is 11.1. The Morgan fingerprint density at radius 3 is 2.87 bits per heavy atom. The number of carbonyl (C=O) groups is 1. The molecule has 0 spiro atoms. The number of hydrogen-bond donors (Lipinski definition) is 1. The highest BCUT2D eigenvalue weighted by Crippen LogP contribution is 2.30. The summed E-state index contributed by atoms with van der Waals surface area (Å²) in [5.74, 6) is 0.295. The maximum absolute atomic E-state index is 12.8. The summed E-state index contributed by atoms with van der Waals surface area (Å²) in [7, 11) is 0. The van der Waals surface area contributed by atoms with Gasteiger partial charge in [-0.25, -0.2) is 9.97 Å². The Kier molecular flexibility index (Phi) is 7.53. The van der Waals surface area contributed by atoms with Crippen LogP contribution in [-0.2, 0) is 11.3 Å². The van der Waals surface area contributed by atoms with Crippen LogP contribution < -0.4 is 10.2 Å². The maximum Gasteiger partial charge on any atom is 0.223 e. The molecule has 1 atom stereocenters. The number of fused-ring (bicyclic) bond motifs is 1. The molecule has 1 amide bonds. The van der Waals surface area contributed by atoms with E-state index in [4.69, 9.17) is 4.98 Å². The number of thiazole rings is 1. The van der Waals surface area contributed by atoms with Crippen molar-refractivity contribution in [3.05, 3.63) is 40.7 Å². The van der Waals surface area contributed by atoms with E-state index in [9.17, 15) is 4.79 Å². The van der Waals surface area contributed by atoms with Gasteiger partial charge in [0.05, 0.1) is 0 Å². The molecule has 0 saturated carbocycles. The van der Waals surface area contributed by atoms with E-state index in [0.29, 0.717) is 12.6 Å². The molecule has 4 rings (SSSR count). The second kappa shape index (κ2) is 10.5. The fourth-order valence-corrected chi connectivity index (χ4v) is 5.70. The number of hydrogen-bond acceptors (Lipinski definition) is 7. The molecule has 1 N–H and O–H groups in total. The van der Waals surface area contributed by atoms with Crippen LogP contribution in [0.3, 0.4) is 0 Å². The van der Waals surface area contributed by atoms with Crippen LogP contribution in [0.1, 0.15) is 38.0 Å². The molecule has 0 radical (unpaired) electrons. The van der Waals surface area contributed by atoms with E-state index in [2.05, 4.69) is 51.5 Å². The lowest BCUT2D eigenvalue weighted by molar-refractivity contribution is -0.125. The predicted molar refractivity (Wildman–Crippen MR) is 130 cm³/mol. The average Bonchev–Trinajstić information content (AvgIpc) is 3.47. The van der Waals surface area contributed by atoms with Crippen LogP contribution in [-0.4, -0.2) is 53.0 Å². The van der Waals surface area contributed by atoms with Crippen LogP contribution in [0.25, 0.3) is 10.3 Å². The van der Waals surface area contributed by atoms with Crippen LogP contribution >= 0.6 is 22.7 Å². The summed E-state index contributed by atoms with van der Waals surface area (Å²) in [6, 6.07) is 8.72. The lowest BCUT2D eigenvalue weighted by atomic mass is 9.96. The zero-order chi connectivity index (χ0) is 21.6. The third-order valence-electron chi connectivity index (χ3n) is 6.14. The van der Waals surface area contributed by atoms with Crippen molar-refractivity contribution >= 4 is 44.1 Å². The number of nitrogens with zero attached hydrogens (tertiary/aromatic N) is 4. The van der Waals surface area contributed by atoms with Gasteiger partial charge in [0, 0.05) is 55.8 Å². The van der Waals surface area contributed by atoms with Crippen molar-refractivity contribution in [2.24, 2.45) is 5.92 Å². The van der Waals surface area contributed by atoms with E-state index in [1.807, 2.05) is 18.3 Å². The number of nitrogens with one attached hydrogen (secondary N) is 1. The number of pyridine rings is 1. The van der Waals surface area contributed by atoms with Crippen molar-refractivity contribution in [2.45, 2.75) is 45.7 Å². The fraction of sp³-hybridized carbons (Fsp3) is 0.522. The average molecular weight is 458 g/mol. The van der Waals surface area contributed by atoms with Gasteiger partial charge in [-0.15, -0.1) is 11.3 Å². The third kappa shape index (κ3) is 5.61. The molecule has 4 heterocycles. The van der Waals surface area contributed by atoms with E-state index in [1.165, 1.54) is 4.88 Å². The summed E-state index contributed by atoms with van der Waals surface area (Å²) < 4.78 is 0. The van der Waals surface area contributed by atoms with E-state index < -0.39 is 0 Å². The lowest BCUT2D eigenvalue weighted by Crippen LogP contribution is -2.43. The Morgan fingerprint density at radius 1 is 1.32 bits per heavy atom. The second-order valence-corrected chi connectivity index (χ2v) is 10.2. The largest absolute Gasteiger partial charge is 0.355 e. The molecule has 1 aliphatic rings. The van der Waals surface area contributed by atoms with Gasteiger partial charge < -0.3 is 10.2 Å². The molecule has 6 nitrogen and oxygen atoms in total. The molecule has 0 aliphatic carbocycles. The second-order valence-electron chi connectivity index (χ2n) is 8.18. The van der Waals surface area contributed by atoms with Gasteiger partial charge in [0.1, 0.15) is 10.3 Å². The van der Waals surface area contributed by atoms with Crippen LogP contribution in [0.4, 0.5) is 5.13 Å². The zero-order valence-corrected chi connectivity index (χ0v) is 19.9. The molecule has 31 heavy (non-hydrogen) atoms. The summed E-state index contributed by atoms with van der Waals surface area (Å²) in [4.78, 5) is 29.0. The number of amides is 1. The normalized spacial score (nSPS) is 16.2. The van der Waals surface area contributed by atoms with Gasteiger partial charge in [-0.3, -0.25) is 9.69 Å². The van der Waals surface area contributed by atoms with Gasteiger partial charge in [-0.05, 0) is 49.8 Å². The number of thiophene rings is 1. The van der Waals surface area contributed by atoms with E-state index in [1.54, 1.807) is 22.7 Å². The summed E-state index contributed by atoms with van der Waals surface area (Å²) in [6.07, 6.45) is 4.67. The standard InChI is InChI=1S/C23H31N5OS2/c1-3-17(2)28(16-19-6-5-15-30-19)14-11-24-21(29)18-8-12-27(13-9-18)23-26-20-7-4-10-25-22(20)31-23/h4-7,10,15,17-18H,3,8-9,11-14,16H2,1-2H3,(H,24,29)/t17-/m0/s1. The highest BCUT2D eigenvalue weighted by atomic mass is 32.1. The molecule has 3 aromatic rings. The fourth-order valence-electron chi connectivity index (χ4n) is 4.01. The smallest absolute Gasteiger partial charge is 0.223 e. The molecule has 8 heteroatoms. The highest BCUT2D eigenvalue weighted by molar-refractivity contribution is 7.21. The van der Waals surface area contributed by atoms with Gasteiger partial charge in [-0.1, -0.05) is 24.3 Å².